The third-order valence-corrected chi connectivity index (χ3v) is 4.94. The summed E-state index contributed by atoms with van der Waals surface area (Å²) in [7, 11) is 0. The van der Waals surface area contributed by atoms with Crippen LogP contribution in [0.15, 0.2) is 18.2 Å². The van der Waals surface area contributed by atoms with Gasteiger partial charge in [-0.15, -0.1) is 0 Å². The molecule has 0 aliphatic heterocycles. The molecule has 1 fully saturated rings. The van der Waals surface area contributed by atoms with E-state index in [0.29, 0.717) is 11.5 Å². The monoisotopic (exact) mass is 259 g/mol. The van der Waals surface area contributed by atoms with E-state index >= 15 is 0 Å². The summed E-state index contributed by atoms with van der Waals surface area (Å²) in [5.41, 5.74) is 4.75. The molecule has 1 aromatic rings. The highest BCUT2D eigenvalue weighted by Crippen LogP contribution is 2.40. The zero-order valence-corrected chi connectivity index (χ0v) is 13.1. The minimum atomic E-state index is 0.461. The van der Waals surface area contributed by atoms with Gasteiger partial charge in [-0.3, -0.25) is 0 Å². The number of hydrogen-bond acceptors (Lipinski definition) is 1. The molecule has 0 saturated heterocycles. The maximum Gasteiger partial charge on any atom is 0.0292 e. The molecule has 0 amide bonds. The van der Waals surface area contributed by atoms with Crippen LogP contribution in [0.4, 0.5) is 0 Å². The Balaban J connectivity index is 1.98. The number of aryl methyl sites for hydroxylation is 2. The molecule has 0 heterocycles. The van der Waals surface area contributed by atoms with Gasteiger partial charge in [0.1, 0.15) is 0 Å². The molecule has 19 heavy (non-hydrogen) atoms. The lowest BCUT2D eigenvalue weighted by molar-refractivity contribution is 0.259. The Kier molecular flexibility index (Phi) is 4.67. The first kappa shape index (κ1) is 14.6. The molecular formula is C18H29N. The van der Waals surface area contributed by atoms with Gasteiger partial charge in [0.25, 0.3) is 0 Å². The molecular weight excluding hydrogens is 230 g/mol. The minimum absolute atomic E-state index is 0.461. The number of benzene rings is 1. The van der Waals surface area contributed by atoms with Crippen LogP contribution in [0.3, 0.4) is 0 Å². The van der Waals surface area contributed by atoms with Crippen molar-refractivity contribution in [2.24, 2.45) is 5.41 Å². The zero-order chi connectivity index (χ0) is 13.9. The molecule has 0 bridgehead atoms. The fraction of sp³-hybridized carbons (Fsp3) is 0.667. The highest BCUT2D eigenvalue weighted by atomic mass is 14.9. The minimum Gasteiger partial charge on any atom is -0.310 e. The Morgan fingerprint density at radius 3 is 2.21 bits per heavy atom. The fourth-order valence-electron chi connectivity index (χ4n) is 3.53. The molecule has 1 aliphatic carbocycles. The molecule has 0 radical (unpaired) electrons. The van der Waals surface area contributed by atoms with Crippen LogP contribution in [0.2, 0.25) is 0 Å². The summed E-state index contributed by atoms with van der Waals surface area (Å²) in [5, 5.41) is 3.79. The standard InChI is InChI=1S/C18H29N/c1-5-18(8-6-7-9-18)13-19-16(4)17-11-14(2)10-15(3)12-17/h10-12,16,19H,5-9,13H2,1-4H3. The summed E-state index contributed by atoms with van der Waals surface area (Å²) in [4.78, 5) is 0. The Morgan fingerprint density at radius 2 is 1.68 bits per heavy atom. The normalized spacial score (nSPS) is 19.6. The zero-order valence-electron chi connectivity index (χ0n) is 13.1. The maximum atomic E-state index is 3.79. The van der Waals surface area contributed by atoms with Gasteiger partial charge in [-0.1, -0.05) is 49.1 Å². The van der Waals surface area contributed by atoms with Gasteiger partial charge in [0, 0.05) is 12.6 Å². The lowest BCUT2D eigenvalue weighted by Gasteiger charge is -2.30. The van der Waals surface area contributed by atoms with Crippen molar-refractivity contribution < 1.29 is 0 Å². The number of rotatable bonds is 5. The molecule has 2 rings (SSSR count). The van der Waals surface area contributed by atoms with Gasteiger partial charge in [0.15, 0.2) is 0 Å². The number of nitrogens with one attached hydrogen (secondary N) is 1. The lowest BCUT2D eigenvalue weighted by Crippen LogP contribution is -2.33. The fourth-order valence-corrected chi connectivity index (χ4v) is 3.53. The third kappa shape index (κ3) is 3.60. The molecule has 1 atom stereocenters. The summed E-state index contributed by atoms with van der Waals surface area (Å²) in [6.07, 6.45) is 6.99. The van der Waals surface area contributed by atoms with Gasteiger partial charge in [-0.25, -0.2) is 0 Å². The van der Waals surface area contributed by atoms with Crippen molar-refractivity contribution in [3.05, 3.63) is 34.9 Å². The van der Waals surface area contributed by atoms with Crippen LogP contribution in [0.1, 0.15) is 68.7 Å². The first-order valence-electron chi connectivity index (χ1n) is 7.86. The molecule has 1 aromatic carbocycles. The van der Waals surface area contributed by atoms with Gasteiger partial charge in [0.05, 0.1) is 0 Å². The molecule has 1 nitrogen and oxygen atoms in total. The summed E-state index contributed by atoms with van der Waals surface area (Å²) in [6, 6.07) is 7.35. The van der Waals surface area contributed by atoms with Crippen molar-refractivity contribution in [2.45, 2.75) is 65.8 Å². The van der Waals surface area contributed by atoms with E-state index in [1.54, 1.807) is 0 Å². The second-order valence-corrected chi connectivity index (χ2v) is 6.58. The van der Waals surface area contributed by atoms with Crippen LogP contribution in [0, 0.1) is 19.3 Å². The van der Waals surface area contributed by atoms with E-state index in [9.17, 15) is 0 Å². The molecule has 1 unspecified atom stereocenters. The third-order valence-electron chi connectivity index (χ3n) is 4.94. The Hall–Kier alpha value is -0.820. The summed E-state index contributed by atoms with van der Waals surface area (Å²) in [6.45, 7) is 10.2. The first-order chi connectivity index (χ1) is 9.04. The van der Waals surface area contributed by atoms with Crippen molar-refractivity contribution in [1.82, 2.24) is 5.32 Å². The van der Waals surface area contributed by atoms with E-state index in [2.05, 4.69) is 51.2 Å². The molecule has 1 saturated carbocycles. The van der Waals surface area contributed by atoms with Gasteiger partial charge in [-0.05, 0) is 51.0 Å². The van der Waals surface area contributed by atoms with E-state index in [4.69, 9.17) is 0 Å². The van der Waals surface area contributed by atoms with E-state index in [-0.39, 0.29) is 0 Å². The molecule has 0 aromatic heterocycles. The van der Waals surface area contributed by atoms with Crippen molar-refractivity contribution in [2.75, 3.05) is 6.54 Å². The smallest absolute Gasteiger partial charge is 0.0292 e. The largest absolute Gasteiger partial charge is 0.310 e. The summed E-state index contributed by atoms with van der Waals surface area (Å²) in [5.74, 6) is 0. The quantitative estimate of drug-likeness (QED) is 0.791. The highest BCUT2D eigenvalue weighted by molar-refractivity contribution is 5.30. The van der Waals surface area contributed by atoms with Gasteiger partial charge >= 0.3 is 0 Å². The SMILES string of the molecule is CCC1(CNC(C)c2cc(C)cc(C)c2)CCCC1. The molecule has 1 aliphatic rings. The van der Waals surface area contributed by atoms with Gasteiger partial charge < -0.3 is 5.32 Å². The highest BCUT2D eigenvalue weighted by Gasteiger charge is 2.31. The Morgan fingerprint density at radius 1 is 1.11 bits per heavy atom. The first-order valence-corrected chi connectivity index (χ1v) is 7.86. The lowest BCUT2D eigenvalue weighted by atomic mass is 9.83. The van der Waals surface area contributed by atoms with Crippen molar-refractivity contribution in [1.29, 1.82) is 0 Å². The maximum absolute atomic E-state index is 3.79. The van der Waals surface area contributed by atoms with E-state index < -0.39 is 0 Å². The van der Waals surface area contributed by atoms with Crippen LogP contribution in [0.5, 0.6) is 0 Å². The van der Waals surface area contributed by atoms with Crippen LogP contribution < -0.4 is 5.32 Å². The average molecular weight is 259 g/mol. The predicted molar refractivity (Wildman–Crippen MR) is 83.5 cm³/mol. The number of hydrogen-bond donors (Lipinski definition) is 1. The van der Waals surface area contributed by atoms with Gasteiger partial charge in [-0.2, -0.15) is 0 Å². The van der Waals surface area contributed by atoms with Crippen molar-refractivity contribution in [3.8, 4) is 0 Å². The second-order valence-electron chi connectivity index (χ2n) is 6.58. The van der Waals surface area contributed by atoms with Crippen molar-refractivity contribution in [3.63, 3.8) is 0 Å². The van der Waals surface area contributed by atoms with Crippen LogP contribution in [0.25, 0.3) is 0 Å². The Bertz CT molecular complexity index is 395. The average Bonchev–Trinajstić information content (AvgIpc) is 2.84. The molecule has 1 heteroatoms. The summed E-state index contributed by atoms with van der Waals surface area (Å²) >= 11 is 0. The van der Waals surface area contributed by atoms with Crippen molar-refractivity contribution >= 4 is 0 Å². The van der Waals surface area contributed by atoms with E-state index in [0.717, 1.165) is 0 Å². The second kappa shape index (κ2) is 6.09. The summed E-state index contributed by atoms with van der Waals surface area (Å²) < 4.78 is 0. The van der Waals surface area contributed by atoms with Crippen LogP contribution >= 0.6 is 0 Å². The molecule has 106 valence electrons. The molecule has 0 spiro atoms. The van der Waals surface area contributed by atoms with Crippen LogP contribution in [-0.4, -0.2) is 6.54 Å². The molecule has 1 N–H and O–H groups in total. The topological polar surface area (TPSA) is 12.0 Å². The predicted octanol–water partition coefficient (Wildman–Crippen LogP) is 4.92. The van der Waals surface area contributed by atoms with E-state index in [1.165, 1.54) is 55.3 Å². The van der Waals surface area contributed by atoms with E-state index in [1.807, 2.05) is 0 Å². The Labute approximate surface area is 118 Å². The van der Waals surface area contributed by atoms with Crippen LogP contribution in [-0.2, 0) is 0 Å². The van der Waals surface area contributed by atoms with Gasteiger partial charge in [0.2, 0.25) is 0 Å².